The molecule has 1 aromatic carbocycles. The largest absolute Gasteiger partial charge is 0.493 e. The molecule has 4 nitrogen and oxygen atoms in total. The number of nitrogen functional groups attached to an aromatic ring is 1. The van der Waals surface area contributed by atoms with Gasteiger partial charge in [-0.05, 0) is 49.4 Å². The van der Waals surface area contributed by atoms with Crippen molar-refractivity contribution >= 4 is 11.6 Å². The van der Waals surface area contributed by atoms with Crippen LogP contribution >= 0.6 is 0 Å². The Bertz CT molecular complexity index is 486. The van der Waals surface area contributed by atoms with Gasteiger partial charge in [0.15, 0.2) is 0 Å². The van der Waals surface area contributed by atoms with E-state index in [1.54, 1.807) is 0 Å². The minimum atomic E-state index is 0.250. The fourth-order valence-corrected chi connectivity index (χ4v) is 3.68. The molecule has 2 N–H and O–H groups in total. The highest BCUT2D eigenvalue weighted by Crippen LogP contribution is 2.36. The Morgan fingerprint density at radius 1 is 1.19 bits per heavy atom. The molecule has 2 fully saturated rings. The average molecular weight is 288 g/mol. The predicted molar refractivity (Wildman–Crippen MR) is 83.0 cm³/mol. The SMILES string of the molecule is Nc1ccc(OCCC(=O)N2CCC3CCCCC32)cc1. The Kier molecular flexibility index (Phi) is 4.32. The lowest BCUT2D eigenvalue weighted by Gasteiger charge is -2.31. The van der Waals surface area contributed by atoms with Crippen LogP contribution in [0, 0.1) is 5.92 Å². The topological polar surface area (TPSA) is 55.6 Å². The second-order valence-corrected chi connectivity index (χ2v) is 6.16. The van der Waals surface area contributed by atoms with Crippen LogP contribution in [0.2, 0.25) is 0 Å². The van der Waals surface area contributed by atoms with Gasteiger partial charge in [0.05, 0.1) is 13.0 Å². The number of carbonyl (C=O) groups is 1. The number of hydrogen-bond acceptors (Lipinski definition) is 3. The third-order valence-corrected chi connectivity index (χ3v) is 4.80. The number of nitrogens with zero attached hydrogens (tertiary/aromatic N) is 1. The molecule has 4 heteroatoms. The summed E-state index contributed by atoms with van der Waals surface area (Å²) in [6.07, 6.45) is 6.75. The summed E-state index contributed by atoms with van der Waals surface area (Å²) in [4.78, 5) is 14.5. The van der Waals surface area contributed by atoms with Crippen molar-refractivity contribution in [3.05, 3.63) is 24.3 Å². The molecule has 2 unspecified atom stereocenters. The normalized spacial score (nSPS) is 24.7. The quantitative estimate of drug-likeness (QED) is 0.867. The Hall–Kier alpha value is -1.71. The lowest BCUT2D eigenvalue weighted by Crippen LogP contribution is -2.39. The van der Waals surface area contributed by atoms with E-state index in [1.807, 2.05) is 24.3 Å². The molecule has 2 aliphatic rings. The molecule has 114 valence electrons. The van der Waals surface area contributed by atoms with Crippen LogP contribution < -0.4 is 10.5 Å². The van der Waals surface area contributed by atoms with Gasteiger partial charge in [0.25, 0.3) is 0 Å². The third-order valence-electron chi connectivity index (χ3n) is 4.80. The molecular weight excluding hydrogens is 264 g/mol. The van der Waals surface area contributed by atoms with Crippen LogP contribution in [0.25, 0.3) is 0 Å². The highest BCUT2D eigenvalue weighted by atomic mass is 16.5. The summed E-state index contributed by atoms with van der Waals surface area (Å²) in [5.41, 5.74) is 6.35. The fraction of sp³-hybridized carbons (Fsp3) is 0.588. The van der Waals surface area contributed by atoms with E-state index in [2.05, 4.69) is 4.90 Å². The zero-order chi connectivity index (χ0) is 14.7. The molecule has 3 rings (SSSR count). The van der Waals surface area contributed by atoms with Crippen molar-refractivity contribution in [1.82, 2.24) is 4.90 Å². The average Bonchev–Trinajstić information content (AvgIpc) is 2.93. The van der Waals surface area contributed by atoms with Gasteiger partial charge >= 0.3 is 0 Å². The van der Waals surface area contributed by atoms with Crippen molar-refractivity contribution in [3.8, 4) is 5.75 Å². The van der Waals surface area contributed by atoms with Crippen molar-refractivity contribution in [2.24, 2.45) is 5.92 Å². The third kappa shape index (κ3) is 3.31. The van der Waals surface area contributed by atoms with E-state index in [-0.39, 0.29) is 5.91 Å². The van der Waals surface area contributed by atoms with Crippen LogP contribution in [0.1, 0.15) is 38.5 Å². The first-order valence-electron chi connectivity index (χ1n) is 8.02. The van der Waals surface area contributed by atoms with Crippen LogP contribution in [0.5, 0.6) is 5.75 Å². The molecule has 0 bridgehead atoms. The molecular formula is C17H24N2O2. The predicted octanol–water partition coefficient (Wildman–Crippen LogP) is 2.83. The van der Waals surface area contributed by atoms with Gasteiger partial charge in [0.2, 0.25) is 5.91 Å². The Labute approximate surface area is 126 Å². The number of likely N-dealkylation sites (tertiary alicyclic amines) is 1. The smallest absolute Gasteiger partial charge is 0.226 e. The minimum Gasteiger partial charge on any atom is -0.493 e. The van der Waals surface area contributed by atoms with Crippen LogP contribution in [0.15, 0.2) is 24.3 Å². The van der Waals surface area contributed by atoms with Gasteiger partial charge in [-0.15, -0.1) is 0 Å². The summed E-state index contributed by atoms with van der Waals surface area (Å²) in [6, 6.07) is 7.80. The van der Waals surface area contributed by atoms with Gasteiger partial charge in [0, 0.05) is 18.3 Å². The first kappa shape index (κ1) is 14.2. The highest BCUT2D eigenvalue weighted by Gasteiger charge is 2.37. The number of carbonyl (C=O) groups excluding carboxylic acids is 1. The number of nitrogens with two attached hydrogens (primary N) is 1. The number of anilines is 1. The maximum absolute atomic E-state index is 12.4. The summed E-state index contributed by atoms with van der Waals surface area (Å²) >= 11 is 0. The van der Waals surface area contributed by atoms with Gasteiger partial charge < -0.3 is 15.4 Å². The summed E-state index contributed by atoms with van der Waals surface area (Å²) in [5.74, 6) is 1.77. The van der Waals surface area contributed by atoms with E-state index in [0.29, 0.717) is 19.1 Å². The van der Waals surface area contributed by atoms with Crippen molar-refractivity contribution in [2.75, 3.05) is 18.9 Å². The summed E-state index contributed by atoms with van der Waals surface area (Å²) in [5, 5.41) is 0. The van der Waals surface area contributed by atoms with Gasteiger partial charge in [-0.2, -0.15) is 0 Å². The summed E-state index contributed by atoms with van der Waals surface area (Å²) in [7, 11) is 0. The van der Waals surface area contributed by atoms with Crippen molar-refractivity contribution in [3.63, 3.8) is 0 Å². The molecule has 1 amide bonds. The van der Waals surface area contributed by atoms with E-state index in [1.165, 1.54) is 32.1 Å². The van der Waals surface area contributed by atoms with Crippen LogP contribution in [-0.2, 0) is 4.79 Å². The molecule has 0 spiro atoms. The number of amides is 1. The number of fused-ring (bicyclic) bond motifs is 1. The van der Waals surface area contributed by atoms with Crippen molar-refractivity contribution in [1.29, 1.82) is 0 Å². The van der Waals surface area contributed by atoms with E-state index < -0.39 is 0 Å². The van der Waals surface area contributed by atoms with E-state index in [9.17, 15) is 4.79 Å². The van der Waals surface area contributed by atoms with Crippen LogP contribution in [-0.4, -0.2) is 30.0 Å². The summed E-state index contributed by atoms with van der Waals surface area (Å²) < 4.78 is 5.62. The molecule has 1 saturated carbocycles. The molecule has 21 heavy (non-hydrogen) atoms. The van der Waals surface area contributed by atoms with Gasteiger partial charge in [-0.3, -0.25) is 4.79 Å². The molecule has 2 atom stereocenters. The number of rotatable bonds is 4. The Morgan fingerprint density at radius 3 is 2.76 bits per heavy atom. The lowest BCUT2D eigenvalue weighted by atomic mass is 9.85. The molecule has 1 aliphatic carbocycles. The first-order valence-corrected chi connectivity index (χ1v) is 8.02. The molecule has 1 aromatic rings. The fourth-order valence-electron chi connectivity index (χ4n) is 3.68. The second-order valence-electron chi connectivity index (χ2n) is 6.16. The zero-order valence-electron chi connectivity index (χ0n) is 12.5. The maximum Gasteiger partial charge on any atom is 0.226 e. The zero-order valence-corrected chi connectivity index (χ0v) is 12.5. The first-order chi connectivity index (χ1) is 10.2. The maximum atomic E-state index is 12.4. The summed E-state index contributed by atoms with van der Waals surface area (Å²) in [6.45, 7) is 1.38. The molecule has 1 heterocycles. The monoisotopic (exact) mass is 288 g/mol. The Balaban J connectivity index is 1.47. The van der Waals surface area contributed by atoms with Gasteiger partial charge in [-0.25, -0.2) is 0 Å². The second kappa shape index (κ2) is 6.37. The molecule has 0 aromatic heterocycles. The van der Waals surface area contributed by atoms with Crippen molar-refractivity contribution in [2.45, 2.75) is 44.6 Å². The highest BCUT2D eigenvalue weighted by molar-refractivity contribution is 5.77. The van der Waals surface area contributed by atoms with E-state index in [4.69, 9.17) is 10.5 Å². The van der Waals surface area contributed by atoms with Gasteiger partial charge in [-0.1, -0.05) is 12.8 Å². The molecule has 1 saturated heterocycles. The van der Waals surface area contributed by atoms with Crippen molar-refractivity contribution < 1.29 is 9.53 Å². The van der Waals surface area contributed by atoms with Gasteiger partial charge in [0.1, 0.15) is 5.75 Å². The lowest BCUT2D eigenvalue weighted by molar-refractivity contribution is -0.133. The number of hydrogen-bond donors (Lipinski definition) is 1. The Morgan fingerprint density at radius 2 is 1.95 bits per heavy atom. The minimum absolute atomic E-state index is 0.250. The van der Waals surface area contributed by atoms with E-state index in [0.717, 1.165) is 23.9 Å². The van der Waals surface area contributed by atoms with Crippen LogP contribution in [0.3, 0.4) is 0 Å². The van der Waals surface area contributed by atoms with Crippen LogP contribution in [0.4, 0.5) is 5.69 Å². The molecule has 0 radical (unpaired) electrons. The van der Waals surface area contributed by atoms with E-state index >= 15 is 0 Å². The number of benzene rings is 1. The standard InChI is InChI=1S/C17H24N2O2/c18-14-5-7-15(8-6-14)21-12-10-17(20)19-11-9-13-3-1-2-4-16(13)19/h5-8,13,16H,1-4,9-12,18H2. The molecule has 1 aliphatic heterocycles. The number of ether oxygens (including phenoxy) is 1.